The first-order chi connectivity index (χ1) is 15.8. The normalized spacial score (nSPS) is 11.5. The second kappa shape index (κ2) is 9.12. The predicted octanol–water partition coefficient (Wildman–Crippen LogP) is 3.85. The highest BCUT2D eigenvalue weighted by Crippen LogP contribution is 2.31. The number of nitrogens with two attached hydrogens (primary N) is 1. The molecule has 12 heteroatoms. The number of rotatable bonds is 8. The summed E-state index contributed by atoms with van der Waals surface area (Å²) in [5.41, 5.74) is 7.29. The topological polar surface area (TPSA) is 145 Å². The largest absolute Gasteiger partial charge is 0.497 e. The molecule has 0 aliphatic carbocycles. The van der Waals surface area contributed by atoms with Crippen molar-refractivity contribution >= 4 is 44.2 Å². The Hall–Kier alpha value is -3.57. The highest BCUT2D eigenvalue weighted by atomic mass is 35.5. The van der Waals surface area contributed by atoms with E-state index in [1.165, 1.54) is 19.2 Å². The third-order valence-electron chi connectivity index (χ3n) is 4.67. The van der Waals surface area contributed by atoms with Gasteiger partial charge >= 0.3 is 0 Å². The molecule has 0 bridgehead atoms. The molecule has 0 spiro atoms. The molecule has 4 rings (SSSR count). The highest BCUT2D eigenvalue weighted by molar-refractivity contribution is 7.92. The molecule has 0 aliphatic heterocycles. The Labute approximate surface area is 195 Å². The minimum atomic E-state index is -3.94. The van der Waals surface area contributed by atoms with Gasteiger partial charge in [-0.2, -0.15) is 10.1 Å². The molecule has 0 fully saturated rings. The van der Waals surface area contributed by atoms with E-state index in [1.807, 2.05) is 6.92 Å². The number of aromatic nitrogens is 4. The van der Waals surface area contributed by atoms with Crippen molar-refractivity contribution in [1.29, 1.82) is 0 Å². The molecular weight excluding hydrogens is 468 g/mol. The lowest BCUT2D eigenvalue weighted by Crippen LogP contribution is -2.13. The standard InChI is InChI=1S/C21H21ClN6O4S/c1-3-10-32-21-17-18(23)26-27-20(17)24-19(25-21)12-4-6-13(7-5-12)28-33(29,30)16-11-14(31-2)8-9-15(16)22/h4-9,11,28H,3,10H2,1-2H3,(H3,23,24,25,26,27). The number of hydrogen-bond acceptors (Lipinski definition) is 8. The van der Waals surface area contributed by atoms with Crippen LogP contribution in [0.25, 0.3) is 22.4 Å². The molecule has 0 radical (unpaired) electrons. The Morgan fingerprint density at radius 1 is 1.15 bits per heavy atom. The number of H-pyrrole nitrogens is 1. The first-order valence-electron chi connectivity index (χ1n) is 9.93. The summed E-state index contributed by atoms with van der Waals surface area (Å²) in [4.78, 5) is 8.83. The van der Waals surface area contributed by atoms with E-state index in [-0.39, 0.29) is 9.92 Å². The lowest BCUT2D eigenvalue weighted by Gasteiger charge is -2.11. The number of ether oxygens (including phenoxy) is 2. The lowest BCUT2D eigenvalue weighted by molar-refractivity contribution is 0.309. The number of nitrogens with one attached hydrogen (secondary N) is 2. The molecule has 0 saturated carbocycles. The van der Waals surface area contributed by atoms with E-state index in [9.17, 15) is 8.42 Å². The van der Waals surface area contributed by atoms with Gasteiger partial charge in [-0.1, -0.05) is 18.5 Å². The van der Waals surface area contributed by atoms with Gasteiger partial charge in [0.2, 0.25) is 5.88 Å². The number of aromatic amines is 1. The molecule has 0 amide bonds. The Morgan fingerprint density at radius 2 is 1.91 bits per heavy atom. The fourth-order valence-electron chi connectivity index (χ4n) is 3.06. The van der Waals surface area contributed by atoms with Crippen molar-refractivity contribution < 1.29 is 17.9 Å². The average molecular weight is 489 g/mol. The number of anilines is 2. The number of methoxy groups -OCH3 is 1. The minimum absolute atomic E-state index is 0.0829. The highest BCUT2D eigenvalue weighted by Gasteiger charge is 2.20. The van der Waals surface area contributed by atoms with Gasteiger partial charge in [0.1, 0.15) is 21.8 Å². The summed E-state index contributed by atoms with van der Waals surface area (Å²) in [6, 6.07) is 11.0. The van der Waals surface area contributed by atoms with Crippen molar-refractivity contribution in [3.63, 3.8) is 0 Å². The third kappa shape index (κ3) is 4.64. The van der Waals surface area contributed by atoms with Crippen molar-refractivity contribution in [3.05, 3.63) is 47.5 Å². The fourth-order valence-corrected chi connectivity index (χ4v) is 4.64. The van der Waals surface area contributed by atoms with E-state index in [4.69, 9.17) is 26.8 Å². The van der Waals surface area contributed by atoms with E-state index in [1.54, 1.807) is 30.3 Å². The molecule has 0 atom stereocenters. The zero-order chi connectivity index (χ0) is 23.6. The van der Waals surface area contributed by atoms with Crippen LogP contribution in [0.2, 0.25) is 5.02 Å². The van der Waals surface area contributed by atoms with Gasteiger partial charge in [-0.3, -0.25) is 9.82 Å². The molecule has 4 aromatic rings. The van der Waals surface area contributed by atoms with Crippen LogP contribution in [-0.2, 0) is 10.0 Å². The zero-order valence-corrected chi connectivity index (χ0v) is 19.4. The summed E-state index contributed by atoms with van der Waals surface area (Å²) in [5, 5.41) is 7.39. The first kappa shape index (κ1) is 22.6. The van der Waals surface area contributed by atoms with Crippen LogP contribution in [0.4, 0.5) is 11.5 Å². The summed E-state index contributed by atoms with van der Waals surface area (Å²) >= 11 is 6.09. The molecule has 0 aliphatic rings. The van der Waals surface area contributed by atoms with Crippen LogP contribution in [0.5, 0.6) is 11.6 Å². The van der Waals surface area contributed by atoms with Crippen molar-refractivity contribution in [1.82, 2.24) is 20.2 Å². The van der Waals surface area contributed by atoms with E-state index in [0.717, 1.165) is 6.42 Å². The monoisotopic (exact) mass is 488 g/mol. The molecular formula is C21H21ClN6O4S. The molecule has 10 nitrogen and oxygen atoms in total. The van der Waals surface area contributed by atoms with Crippen molar-refractivity contribution in [3.8, 4) is 23.0 Å². The van der Waals surface area contributed by atoms with Crippen molar-refractivity contribution in [2.45, 2.75) is 18.2 Å². The maximum absolute atomic E-state index is 12.8. The Kier molecular flexibility index (Phi) is 6.25. The smallest absolute Gasteiger partial charge is 0.263 e. The number of nitrogen functional groups attached to an aromatic ring is 1. The summed E-state index contributed by atoms with van der Waals surface area (Å²) in [6.45, 7) is 2.44. The Bertz CT molecular complexity index is 1410. The first-order valence-corrected chi connectivity index (χ1v) is 11.8. The summed E-state index contributed by atoms with van der Waals surface area (Å²) in [5.74, 6) is 1.40. The van der Waals surface area contributed by atoms with Gasteiger partial charge in [-0.05, 0) is 42.8 Å². The molecule has 4 N–H and O–H groups in total. The second-order valence-corrected chi connectivity index (χ2v) is 9.07. The average Bonchev–Trinajstić information content (AvgIpc) is 3.18. The lowest BCUT2D eigenvalue weighted by atomic mass is 10.2. The number of nitrogens with zero attached hydrogens (tertiary/aromatic N) is 3. The van der Waals surface area contributed by atoms with Crippen LogP contribution >= 0.6 is 11.6 Å². The molecule has 0 saturated heterocycles. The molecule has 2 heterocycles. The maximum atomic E-state index is 12.8. The van der Waals surface area contributed by atoms with E-state index < -0.39 is 10.0 Å². The third-order valence-corrected chi connectivity index (χ3v) is 6.54. The Balaban J connectivity index is 1.63. The summed E-state index contributed by atoms with van der Waals surface area (Å²) in [7, 11) is -2.49. The van der Waals surface area contributed by atoms with Crippen molar-refractivity contribution in [2.75, 3.05) is 24.2 Å². The SMILES string of the molecule is CCCOc1nc(-c2ccc(NS(=O)(=O)c3cc(OC)ccc3Cl)cc2)nc2n[nH]c(N)c12. The molecule has 2 aromatic heterocycles. The van der Waals surface area contributed by atoms with Gasteiger partial charge in [0.05, 0.1) is 18.7 Å². The van der Waals surface area contributed by atoms with Crippen LogP contribution < -0.4 is 19.9 Å². The molecule has 33 heavy (non-hydrogen) atoms. The quantitative estimate of drug-likeness (QED) is 0.339. The van der Waals surface area contributed by atoms with Crippen LogP contribution in [-0.4, -0.2) is 42.3 Å². The number of benzene rings is 2. The van der Waals surface area contributed by atoms with Gasteiger partial charge in [0.25, 0.3) is 10.0 Å². The number of hydrogen-bond donors (Lipinski definition) is 3. The molecule has 2 aromatic carbocycles. The molecule has 0 unspecified atom stereocenters. The van der Waals surface area contributed by atoms with Gasteiger partial charge in [0.15, 0.2) is 11.5 Å². The number of fused-ring (bicyclic) bond motifs is 1. The van der Waals surface area contributed by atoms with Gasteiger partial charge < -0.3 is 15.2 Å². The number of sulfonamides is 1. The fraction of sp³-hybridized carbons (Fsp3) is 0.190. The minimum Gasteiger partial charge on any atom is -0.497 e. The van der Waals surface area contributed by atoms with Gasteiger partial charge in [-0.15, -0.1) is 0 Å². The van der Waals surface area contributed by atoms with Crippen LogP contribution in [0.1, 0.15) is 13.3 Å². The van der Waals surface area contributed by atoms with E-state index in [2.05, 4.69) is 24.9 Å². The summed E-state index contributed by atoms with van der Waals surface area (Å²) < 4.78 is 39.0. The zero-order valence-electron chi connectivity index (χ0n) is 17.8. The van der Waals surface area contributed by atoms with E-state index in [0.29, 0.717) is 52.2 Å². The van der Waals surface area contributed by atoms with Crippen LogP contribution in [0.15, 0.2) is 47.4 Å². The molecule has 172 valence electrons. The number of halogens is 1. The maximum Gasteiger partial charge on any atom is 0.263 e. The Morgan fingerprint density at radius 3 is 2.61 bits per heavy atom. The van der Waals surface area contributed by atoms with Crippen LogP contribution in [0.3, 0.4) is 0 Å². The second-order valence-electron chi connectivity index (χ2n) is 7.02. The van der Waals surface area contributed by atoms with Gasteiger partial charge in [0, 0.05) is 17.3 Å². The predicted molar refractivity (Wildman–Crippen MR) is 126 cm³/mol. The van der Waals surface area contributed by atoms with Crippen molar-refractivity contribution in [2.24, 2.45) is 0 Å². The summed E-state index contributed by atoms with van der Waals surface area (Å²) in [6.07, 6.45) is 0.796. The van der Waals surface area contributed by atoms with Gasteiger partial charge in [-0.25, -0.2) is 13.4 Å². The van der Waals surface area contributed by atoms with Crippen LogP contribution in [0, 0.1) is 0 Å². The van der Waals surface area contributed by atoms with E-state index >= 15 is 0 Å².